The van der Waals surface area contributed by atoms with E-state index in [1.165, 1.54) is 12.1 Å². The molecule has 0 atom stereocenters. The molecule has 1 N–H and O–H groups in total. The number of benzene rings is 3. The molecule has 0 spiro atoms. The van der Waals surface area contributed by atoms with Gasteiger partial charge in [0.2, 0.25) is 0 Å². The predicted octanol–water partition coefficient (Wildman–Crippen LogP) is 5.42. The zero-order chi connectivity index (χ0) is 18.3. The van der Waals surface area contributed by atoms with E-state index in [0.29, 0.717) is 11.1 Å². The number of nitrogens with one attached hydrogen (secondary N) is 1. The Balaban J connectivity index is 1.70. The zero-order valence-corrected chi connectivity index (χ0v) is 13.8. The molecule has 0 bridgehead atoms. The summed E-state index contributed by atoms with van der Waals surface area (Å²) in [5.41, 5.74) is 1.47. The third-order valence-electron chi connectivity index (χ3n) is 4.58. The predicted molar refractivity (Wildman–Crippen MR) is 94.9 cm³/mol. The van der Waals surface area contributed by atoms with E-state index in [1.807, 2.05) is 30.3 Å². The second-order valence-corrected chi connectivity index (χ2v) is 6.56. The molecule has 0 saturated heterocycles. The van der Waals surface area contributed by atoms with Gasteiger partial charge in [-0.25, -0.2) is 0 Å². The average Bonchev–Trinajstić information content (AvgIpc) is 3.44. The summed E-state index contributed by atoms with van der Waals surface area (Å²) in [6.07, 6.45) is -2.30. The maximum Gasteiger partial charge on any atom is 0.416 e. The molecule has 1 amide bonds. The highest BCUT2D eigenvalue weighted by atomic mass is 19.4. The molecule has 0 radical (unpaired) electrons. The van der Waals surface area contributed by atoms with Crippen molar-refractivity contribution in [2.75, 3.05) is 0 Å². The van der Waals surface area contributed by atoms with Crippen LogP contribution in [-0.4, -0.2) is 11.9 Å². The van der Waals surface area contributed by atoms with E-state index in [-0.39, 0.29) is 11.9 Å². The third kappa shape index (κ3) is 3.29. The number of amides is 1. The number of hydrogen-bond donors (Lipinski definition) is 1. The maximum absolute atomic E-state index is 12.8. The average molecular weight is 355 g/mol. The molecular weight excluding hydrogens is 339 g/mol. The Morgan fingerprint density at radius 1 is 0.962 bits per heavy atom. The second-order valence-electron chi connectivity index (χ2n) is 6.56. The summed E-state index contributed by atoms with van der Waals surface area (Å²) in [6.45, 7) is 0. The summed E-state index contributed by atoms with van der Waals surface area (Å²) in [6, 6.07) is 16.5. The van der Waals surface area contributed by atoms with Crippen LogP contribution >= 0.6 is 0 Å². The van der Waals surface area contributed by atoms with Crippen molar-refractivity contribution >= 4 is 16.7 Å². The number of alkyl halides is 3. The Morgan fingerprint density at radius 3 is 2.35 bits per heavy atom. The van der Waals surface area contributed by atoms with Crippen LogP contribution in [0, 0.1) is 0 Å². The van der Waals surface area contributed by atoms with Crippen molar-refractivity contribution < 1.29 is 18.0 Å². The molecule has 0 aliphatic heterocycles. The molecule has 4 rings (SSSR count). The first-order chi connectivity index (χ1) is 12.4. The van der Waals surface area contributed by atoms with Crippen LogP contribution in [0.4, 0.5) is 13.2 Å². The van der Waals surface area contributed by atoms with Crippen LogP contribution in [0.2, 0.25) is 0 Å². The van der Waals surface area contributed by atoms with E-state index in [1.54, 1.807) is 6.07 Å². The quantitative estimate of drug-likeness (QED) is 0.668. The van der Waals surface area contributed by atoms with Crippen molar-refractivity contribution in [2.45, 2.75) is 25.1 Å². The topological polar surface area (TPSA) is 29.1 Å². The van der Waals surface area contributed by atoms with Gasteiger partial charge in [0.25, 0.3) is 5.91 Å². The van der Waals surface area contributed by atoms with Crippen molar-refractivity contribution in [3.8, 4) is 11.1 Å². The van der Waals surface area contributed by atoms with Gasteiger partial charge in [-0.2, -0.15) is 13.2 Å². The van der Waals surface area contributed by atoms with Gasteiger partial charge in [-0.3, -0.25) is 4.79 Å². The minimum Gasteiger partial charge on any atom is -0.349 e. The largest absolute Gasteiger partial charge is 0.416 e. The molecule has 1 saturated carbocycles. The van der Waals surface area contributed by atoms with E-state index >= 15 is 0 Å². The molecule has 1 aliphatic carbocycles. The van der Waals surface area contributed by atoms with E-state index < -0.39 is 11.7 Å². The van der Waals surface area contributed by atoms with Crippen LogP contribution in [0.15, 0.2) is 60.7 Å². The maximum atomic E-state index is 12.8. The van der Waals surface area contributed by atoms with Crippen LogP contribution in [0.5, 0.6) is 0 Å². The number of halogens is 3. The molecule has 0 heterocycles. The normalized spacial score (nSPS) is 14.4. The van der Waals surface area contributed by atoms with Gasteiger partial charge in [0.15, 0.2) is 0 Å². The van der Waals surface area contributed by atoms with Gasteiger partial charge < -0.3 is 5.32 Å². The lowest BCUT2D eigenvalue weighted by atomic mass is 9.96. The zero-order valence-electron chi connectivity index (χ0n) is 13.8. The first-order valence-corrected chi connectivity index (χ1v) is 8.43. The molecule has 0 unspecified atom stereocenters. The molecule has 0 aromatic heterocycles. The lowest BCUT2D eigenvalue weighted by molar-refractivity contribution is -0.137. The first kappa shape index (κ1) is 16.6. The minimum absolute atomic E-state index is 0.0886. The molecule has 1 fully saturated rings. The Kier molecular flexibility index (Phi) is 3.94. The Morgan fingerprint density at radius 2 is 1.69 bits per heavy atom. The van der Waals surface area contributed by atoms with Gasteiger partial charge in [0.05, 0.1) is 5.56 Å². The SMILES string of the molecule is O=C(NC1CC1)c1ccc2c(-c3ccc(C(F)(F)F)cc3)cccc2c1. The molecule has 3 aromatic rings. The highest BCUT2D eigenvalue weighted by Crippen LogP contribution is 2.33. The molecule has 3 aromatic carbocycles. The lowest BCUT2D eigenvalue weighted by Crippen LogP contribution is -2.25. The smallest absolute Gasteiger partial charge is 0.349 e. The van der Waals surface area contributed by atoms with E-state index in [2.05, 4.69) is 5.32 Å². The lowest BCUT2D eigenvalue weighted by Gasteiger charge is -2.11. The van der Waals surface area contributed by atoms with Crippen molar-refractivity contribution in [1.29, 1.82) is 0 Å². The number of fused-ring (bicyclic) bond motifs is 1. The molecular formula is C21H16F3NO. The summed E-state index contributed by atoms with van der Waals surface area (Å²) in [4.78, 5) is 12.2. The Hall–Kier alpha value is -2.82. The second kappa shape index (κ2) is 6.16. The standard InChI is InChI=1S/C21H16F3NO/c22-21(23,24)16-7-4-13(5-8-16)18-3-1-2-14-12-15(6-11-19(14)18)20(26)25-17-9-10-17/h1-8,11-12,17H,9-10H2,(H,25,26). The number of hydrogen-bond acceptors (Lipinski definition) is 1. The van der Waals surface area contributed by atoms with Gasteiger partial charge in [-0.05, 0) is 59.0 Å². The van der Waals surface area contributed by atoms with Crippen LogP contribution in [0.1, 0.15) is 28.8 Å². The van der Waals surface area contributed by atoms with Crippen molar-refractivity contribution in [1.82, 2.24) is 5.32 Å². The number of rotatable bonds is 3. The molecule has 1 aliphatic rings. The minimum atomic E-state index is -4.35. The monoisotopic (exact) mass is 355 g/mol. The van der Waals surface area contributed by atoms with E-state index in [4.69, 9.17) is 0 Å². The van der Waals surface area contributed by atoms with E-state index in [0.717, 1.165) is 41.3 Å². The fraction of sp³-hybridized carbons (Fsp3) is 0.190. The fourth-order valence-corrected chi connectivity index (χ4v) is 3.01. The number of carbonyl (C=O) groups excluding carboxylic acids is 1. The summed E-state index contributed by atoms with van der Waals surface area (Å²) < 4.78 is 38.3. The van der Waals surface area contributed by atoms with Crippen molar-refractivity contribution in [2.24, 2.45) is 0 Å². The molecule has 2 nitrogen and oxygen atoms in total. The van der Waals surface area contributed by atoms with Gasteiger partial charge in [0, 0.05) is 11.6 Å². The first-order valence-electron chi connectivity index (χ1n) is 8.43. The Bertz CT molecular complexity index is 973. The van der Waals surface area contributed by atoms with Crippen molar-refractivity contribution in [3.05, 3.63) is 71.8 Å². The van der Waals surface area contributed by atoms with E-state index in [9.17, 15) is 18.0 Å². The van der Waals surface area contributed by atoms with Crippen LogP contribution in [0.25, 0.3) is 21.9 Å². The van der Waals surface area contributed by atoms with Crippen LogP contribution < -0.4 is 5.32 Å². The van der Waals surface area contributed by atoms with Gasteiger partial charge >= 0.3 is 6.18 Å². The van der Waals surface area contributed by atoms with Crippen LogP contribution in [0.3, 0.4) is 0 Å². The molecule has 5 heteroatoms. The summed E-state index contributed by atoms with van der Waals surface area (Å²) in [7, 11) is 0. The fourth-order valence-electron chi connectivity index (χ4n) is 3.01. The summed E-state index contributed by atoms with van der Waals surface area (Å²) >= 11 is 0. The van der Waals surface area contributed by atoms with Gasteiger partial charge in [0.1, 0.15) is 0 Å². The highest BCUT2D eigenvalue weighted by Gasteiger charge is 2.30. The number of carbonyl (C=O) groups is 1. The molecule has 26 heavy (non-hydrogen) atoms. The van der Waals surface area contributed by atoms with Crippen molar-refractivity contribution in [3.63, 3.8) is 0 Å². The third-order valence-corrected chi connectivity index (χ3v) is 4.58. The van der Waals surface area contributed by atoms with Gasteiger partial charge in [-0.1, -0.05) is 36.4 Å². The highest BCUT2D eigenvalue weighted by molar-refractivity contribution is 6.02. The molecule has 132 valence electrons. The summed E-state index contributed by atoms with van der Waals surface area (Å²) in [5, 5.41) is 4.73. The Labute approximate surface area is 148 Å². The summed E-state index contributed by atoms with van der Waals surface area (Å²) in [5.74, 6) is -0.0886. The van der Waals surface area contributed by atoms with Crippen LogP contribution in [-0.2, 0) is 6.18 Å². The van der Waals surface area contributed by atoms with Gasteiger partial charge in [-0.15, -0.1) is 0 Å².